The Labute approximate surface area is 343 Å². The fourth-order valence-electron chi connectivity index (χ4n) is 15.2. The number of aliphatic carboxylic acids is 1. The van der Waals surface area contributed by atoms with Crippen LogP contribution in [0.1, 0.15) is 119 Å². The van der Waals surface area contributed by atoms with Crippen LogP contribution in [-0.2, 0) is 14.6 Å². The molecule has 7 aliphatic rings. The molecule has 0 radical (unpaired) electrons. The predicted molar refractivity (Wildman–Crippen MR) is 228 cm³/mol. The predicted octanol–water partition coefficient (Wildman–Crippen LogP) is 8.91. The molecule has 1 unspecified atom stereocenters. The van der Waals surface area contributed by atoms with Crippen LogP contribution < -0.4 is 10.1 Å². The lowest BCUT2D eigenvalue weighted by Gasteiger charge is -2.72. The Balaban J connectivity index is 1.01. The van der Waals surface area contributed by atoms with E-state index in [0.29, 0.717) is 72.8 Å². The lowest BCUT2D eigenvalue weighted by Crippen LogP contribution is -2.68. The molecular formula is C48H71N3O5S. The lowest BCUT2D eigenvalue weighted by molar-refractivity contribution is -0.221. The first-order chi connectivity index (χ1) is 26.9. The summed E-state index contributed by atoms with van der Waals surface area (Å²) in [6.45, 7) is 23.3. The monoisotopic (exact) mass is 802 g/mol. The number of allylic oxidation sites excluding steroid dienone is 5. The average Bonchev–Trinajstić information content (AvgIpc) is 3.55. The third kappa shape index (κ3) is 6.71. The van der Waals surface area contributed by atoms with Crippen LogP contribution in [0.2, 0.25) is 0 Å². The highest BCUT2D eigenvalue weighted by Gasteiger charge is 2.70. The van der Waals surface area contributed by atoms with Gasteiger partial charge in [0.15, 0.2) is 9.84 Å². The second-order valence-electron chi connectivity index (χ2n) is 21.3. The molecule has 1 aliphatic heterocycles. The maximum absolute atomic E-state index is 12.7. The smallest absolute Gasteiger partial charge is 0.313 e. The lowest BCUT2D eigenvalue weighted by atomic mass is 9.33. The summed E-state index contributed by atoms with van der Waals surface area (Å²) in [5.41, 5.74) is 4.16. The number of fused-ring (bicyclic) bond motifs is 7. The highest BCUT2D eigenvalue weighted by molar-refractivity contribution is 7.91. The number of nitrogens with zero attached hydrogens (tertiary/aromatic N) is 2. The van der Waals surface area contributed by atoms with Crippen molar-refractivity contribution in [2.24, 2.45) is 56.7 Å². The molecule has 0 aromatic carbocycles. The molecule has 0 spiro atoms. The Bertz CT molecular complexity index is 1900. The van der Waals surface area contributed by atoms with Crippen LogP contribution in [0.25, 0.3) is 0 Å². The summed E-state index contributed by atoms with van der Waals surface area (Å²) in [7, 11) is -2.87. The maximum atomic E-state index is 12.7. The van der Waals surface area contributed by atoms with Gasteiger partial charge in [-0.2, -0.15) is 0 Å². The Hall–Kier alpha value is -2.49. The van der Waals surface area contributed by atoms with Crippen molar-refractivity contribution in [3.05, 3.63) is 60.0 Å². The van der Waals surface area contributed by atoms with E-state index in [1.165, 1.54) is 68.1 Å². The molecule has 2 N–H and O–H groups in total. The van der Waals surface area contributed by atoms with E-state index in [-0.39, 0.29) is 33.8 Å². The second-order valence-corrected chi connectivity index (χ2v) is 23.6. The summed E-state index contributed by atoms with van der Waals surface area (Å²) >= 11 is 0. The largest absolute Gasteiger partial charge is 0.492 e. The van der Waals surface area contributed by atoms with E-state index in [4.69, 9.17) is 4.74 Å². The van der Waals surface area contributed by atoms with Crippen LogP contribution in [-0.4, -0.2) is 79.2 Å². The van der Waals surface area contributed by atoms with Crippen molar-refractivity contribution in [3.63, 3.8) is 0 Å². The first-order valence-electron chi connectivity index (χ1n) is 22.4. The molecule has 314 valence electrons. The van der Waals surface area contributed by atoms with Crippen LogP contribution in [0.4, 0.5) is 0 Å². The summed E-state index contributed by atoms with van der Waals surface area (Å²) in [6, 6.07) is 3.58. The zero-order valence-electron chi connectivity index (χ0n) is 35.9. The topological polar surface area (TPSA) is 109 Å². The van der Waals surface area contributed by atoms with Gasteiger partial charge in [0.2, 0.25) is 0 Å². The van der Waals surface area contributed by atoms with Crippen LogP contribution in [0.3, 0.4) is 0 Å². The molecule has 9 heteroatoms. The molecule has 0 amide bonds. The molecular weight excluding hydrogens is 731 g/mol. The van der Waals surface area contributed by atoms with Crippen LogP contribution in [0.15, 0.2) is 60.0 Å². The minimum absolute atomic E-state index is 0.00929. The summed E-state index contributed by atoms with van der Waals surface area (Å²) in [5.74, 6) is 3.53. The first kappa shape index (κ1) is 41.3. The fourth-order valence-corrected chi connectivity index (χ4v) is 16.5. The van der Waals surface area contributed by atoms with Crippen molar-refractivity contribution in [1.82, 2.24) is 15.2 Å². The van der Waals surface area contributed by atoms with E-state index in [1.807, 2.05) is 0 Å². The average molecular weight is 802 g/mol. The van der Waals surface area contributed by atoms with Crippen molar-refractivity contribution in [3.8, 4) is 5.75 Å². The third-order valence-electron chi connectivity index (χ3n) is 18.6. The number of carboxylic acid groups (broad SMARTS) is 1. The van der Waals surface area contributed by atoms with Crippen LogP contribution >= 0.6 is 0 Å². The van der Waals surface area contributed by atoms with E-state index < -0.39 is 21.2 Å². The standard InChI is InChI=1S/C48H71N3O5S/c1-33(2)36-12-21-48(50-26-27-51-28-30-57(54,55)31-29-51)23-22-45(6)38(41(36)48)8-9-40-44(5)17-13-37(43(3,4)39(44)14-18-46(40,45)7)34-10-19-47(20-11-34,42(52)53)32-56-35-15-24-49-25-16-35/h10,13,15-16,24-25,36,38-41,50H,1,8-9,11-12,14,17-23,26-32H2,2-7H3,(H,52,53)/t36-,38+,39-,40+,41+,44-,45+,46+,47?,48-/m0/s1. The van der Waals surface area contributed by atoms with E-state index >= 15 is 0 Å². The molecule has 2 heterocycles. The normalized spacial score (nSPS) is 42.3. The number of ether oxygens (including phenoxy) is 1. The van der Waals surface area contributed by atoms with Gasteiger partial charge in [0.05, 0.1) is 11.5 Å². The van der Waals surface area contributed by atoms with Gasteiger partial charge in [-0.1, -0.05) is 58.9 Å². The SMILES string of the molecule is C=C(C)[C@@H]1CC[C@]2(NCCN3CCS(=O)(=O)CC3)CC[C@]3(C)[C@H](CC[C@@H]4[C@@]5(C)CC=C(C6=CCC(COc7ccncc7)(C(=O)O)CC6)C(C)(C)[C@@H]5CC[C@]43C)[C@@H]12. The minimum Gasteiger partial charge on any atom is -0.492 e. The molecule has 10 atom stereocenters. The van der Waals surface area contributed by atoms with Crippen molar-refractivity contribution in [2.75, 3.05) is 44.3 Å². The van der Waals surface area contributed by atoms with Gasteiger partial charge >= 0.3 is 5.97 Å². The highest BCUT2D eigenvalue weighted by atomic mass is 32.2. The van der Waals surface area contributed by atoms with Crippen LogP contribution in [0.5, 0.6) is 5.75 Å². The van der Waals surface area contributed by atoms with Gasteiger partial charge < -0.3 is 20.1 Å². The fraction of sp³-hybridized carbons (Fsp3) is 0.750. The van der Waals surface area contributed by atoms with E-state index in [9.17, 15) is 18.3 Å². The molecule has 4 saturated carbocycles. The molecule has 1 aromatic heterocycles. The second kappa shape index (κ2) is 14.6. The Morgan fingerprint density at radius 1 is 0.930 bits per heavy atom. The number of nitrogens with one attached hydrogen (secondary N) is 1. The van der Waals surface area contributed by atoms with Gasteiger partial charge in [0.1, 0.15) is 17.8 Å². The number of carbonyl (C=O) groups is 1. The van der Waals surface area contributed by atoms with Crippen molar-refractivity contribution < 1.29 is 23.1 Å². The first-order valence-corrected chi connectivity index (χ1v) is 24.2. The summed E-state index contributed by atoms with van der Waals surface area (Å²) in [5, 5.41) is 14.7. The summed E-state index contributed by atoms with van der Waals surface area (Å²) < 4.78 is 30.2. The highest BCUT2D eigenvalue weighted by Crippen LogP contribution is 2.76. The Morgan fingerprint density at radius 3 is 2.33 bits per heavy atom. The molecule has 57 heavy (non-hydrogen) atoms. The molecule has 1 saturated heterocycles. The zero-order valence-corrected chi connectivity index (χ0v) is 36.7. The molecule has 8 rings (SSSR count). The van der Waals surface area contributed by atoms with Gasteiger partial charge in [0.25, 0.3) is 0 Å². The summed E-state index contributed by atoms with van der Waals surface area (Å²) in [4.78, 5) is 19.1. The number of carboxylic acids is 1. The quantitative estimate of drug-likeness (QED) is 0.226. The Kier molecular flexibility index (Phi) is 10.6. The van der Waals surface area contributed by atoms with Crippen molar-refractivity contribution in [1.29, 1.82) is 0 Å². The molecule has 0 bridgehead atoms. The summed E-state index contributed by atoms with van der Waals surface area (Å²) in [6.07, 6.45) is 21.2. The zero-order chi connectivity index (χ0) is 40.6. The molecule has 6 aliphatic carbocycles. The van der Waals surface area contributed by atoms with Gasteiger partial charge in [-0.05, 0) is 159 Å². The van der Waals surface area contributed by atoms with Gasteiger partial charge in [-0.25, -0.2) is 8.42 Å². The van der Waals surface area contributed by atoms with Gasteiger partial charge in [-0.3, -0.25) is 9.78 Å². The van der Waals surface area contributed by atoms with E-state index in [0.717, 1.165) is 25.9 Å². The number of hydrogen-bond acceptors (Lipinski definition) is 7. The van der Waals surface area contributed by atoms with E-state index in [1.54, 1.807) is 24.5 Å². The Morgan fingerprint density at radius 2 is 1.67 bits per heavy atom. The minimum atomic E-state index is -2.87. The molecule has 8 nitrogen and oxygen atoms in total. The van der Waals surface area contributed by atoms with E-state index in [2.05, 4.69) is 75.5 Å². The third-order valence-corrected chi connectivity index (χ3v) is 20.2. The number of pyridine rings is 1. The number of rotatable bonds is 10. The van der Waals surface area contributed by atoms with Gasteiger partial charge in [-0.15, -0.1) is 0 Å². The number of hydrogen-bond donors (Lipinski definition) is 2. The number of sulfone groups is 1. The van der Waals surface area contributed by atoms with Gasteiger partial charge in [0, 0.05) is 44.1 Å². The maximum Gasteiger partial charge on any atom is 0.313 e. The van der Waals surface area contributed by atoms with Crippen LogP contribution in [0, 0.1) is 56.7 Å². The van der Waals surface area contributed by atoms with Crippen molar-refractivity contribution in [2.45, 2.75) is 124 Å². The van der Waals surface area contributed by atoms with Crippen molar-refractivity contribution >= 4 is 15.8 Å². The molecule has 5 fully saturated rings. The number of aromatic nitrogens is 1. The molecule has 1 aromatic rings.